The molecule has 2 aliphatic rings. The molecule has 21 heavy (non-hydrogen) atoms. The number of rotatable bonds is 4. The van der Waals surface area contributed by atoms with Crippen LogP contribution in [0.2, 0.25) is 0 Å². The number of urea groups is 1. The van der Waals surface area contributed by atoms with E-state index in [0.717, 1.165) is 17.9 Å². The van der Waals surface area contributed by atoms with Crippen LogP contribution in [0.25, 0.3) is 0 Å². The quantitative estimate of drug-likeness (QED) is 0.891. The Balaban J connectivity index is 1.54. The first kappa shape index (κ1) is 14.3. The first-order valence-electron chi connectivity index (χ1n) is 6.78. The van der Waals surface area contributed by atoms with Crippen molar-refractivity contribution in [2.24, 2.45) is 0 Å². The molecule has 2 heterocycles. The SMILES string of the molecule is COC1(CNC(=O)Nc2ccc3c(c2)OCO3)CCSC1. The third kappa shape index (κ3) is 3.19. The van der Waals surface area contributed by atoms with Crippen molar-refractivity contribution in [1.82, 2.24) is 5.32 Å². The van der Waals surface area contributed by atoms with E-state index >= 15 is 0 Å². The van der Waals surface area contributed by atoms with Gasteiger partial charge < -0.3 is 24.8 Å². The summed E-state index contributed by atoms with van der Waals surface area (Å²) in [6, 6.07) is 5.06. The predicted molar refractivity (Wildman–Crippen MR) is 81.3 cm³/mol. The molecule has 3 rings (SSSR count). The van der Waals surface area contributed by atoms with E-state index in [0.29, 0.717) is 23.7 Å². The molecule has 114 valence electrons. The van der Waals surface area contributed by atoms with Crippen LogP contribution in [0, 0.1) is 0 Å². The highest BCUT2D eigenvalue weighted by Gasteiger charge is 2.34. The maximum Gasteiger partial charge on any atom is 0.319 e. The number of anilines is 1. The molecule has 1 fully saturated rings. The van der Waals surface area contributed by atoms with Crippen LogP contribution in [0.15, 0.2) is 18.2 Å². The number of thioether (sulfide) groups is 1. The van der Waals surface area contributed by atoms with E-state index in [-0.39, 0.29) is 18.4 Å². The van der Waals surface area contributed by atoms with Crippen molar-refractivity contribution in [3.05, 3.63) is 18.2 Å². The topological polar surface area (TPSA) is 68.8 Å². The highest BCUT2D eigenvalue weighted by Crippen LogP contribution is 2.34. The fraction of sp³-hybridized carbons (Fsp3) is 0.500. The molecule has 1 aromatic carbocycles. The van der Waals surface area contributed by atoms with Crippen molar-refractivity contribution < 1.29 is 19.0 Å². The zero-order valence-corrected chi connectivity index (χ0v) is 12.6. The van der Waals surface area contributed by atoms with Gasteiger partial charge in [-0.25, -0.2) is 4.79 Å². The first-order valence-corrected chi connectivity index (χ1v) is 7.94. The molecule has 7 heteroatoms. The number of amides is 2. The van der Waals surface area contributed by atoms with Gasteiger partial charge >= 0.3 is 6.03 Å². The molecule has 6 nitrogen and oxygen atoms in total. The van der Waals surface area contributed by atoms with Crippen LogP contribution < -0.4 is 20.1 Å². The van der Waals surface area contributed by atoms with Gasteiger partial charge in [0.25, 0.3) is 0 Å². The second-order valence-corrected chi connectivity index (χ2v) is 6.17. The van der Waals surface area contributed by atoms with Crippen LogP contribution in [0.1, 0.15) is 6.42 Å². The number of methoxy groups -OCH3 is 1. The summed E-state index contributed by atoms with van der Waals surface area (Å²) >= 11 is 1.85. The smallest absolute Gasteiger partial charge is 0.319 e. The molecule has 2 amide bonds. The van der Waals surface area contributed by atoms with Crippen molar-refractivity contribution in [2.75, 3.05) is 37.3 Å². The van der Waals surface area contributed by atoms with Crippen LogP contribution in [0.4, 0.5) is 10.5 Å². The Morgan fingerprint density at radius 3 is 3.05 bits per heavy atom. The van der Waals surface area contributed by atoms with E-state index in [1.165, 1.54) is 0 Å². The van der Waals surface area contributed by atoms with Gasteiger partial charge in [-0.3, -0.25) is 0 Å². The Morgan fingerprint density at radius 2 is 2.29 bits per heavy atom. The summed E-state index contributed by atoms with van der Waals surface area (Å²) in [5.41, 5.74) is 0.431. The van der Waals surface area contributed by atoms with E-state index in [4.69, 9.17) is 14.2 Å². The standard InChI is InChI=1S/C14H18N2O4S/c1-18-14(4-5-21-8-14)7-15-13(17)16-10-2-3-11-12(6-10)20-9-19-11/h2-3,6H,4-5,7-9H2,1H3,(H2,15,16,17). The molecule has 0 aromatic heterocycles. The number of carbonyl (C=O) groups excluding carboxylic acids is 1. The minimum Gasteiger partial charge on any atom is -0.454 e. The van der Waals surface area contributed by atoms with Crippen LogP contribution >= 0.6 is 11.8 Å². The van der Waals surface area contributed by atoms with Gasteiger partial charge in [0.05, 0.1) is 5.60 Å². The third-order valence-corrected chi connectivity index (χ3v) is 4.92. The highest BCUT2D eigenvalue weighted by molar-refractivity contribution is 7.99. The fourth-order valence-corrected chi connectivity index (χ4v) is 3.75. The van der Waals surface area contributed by atoms with Gasteiger partial charge in [0, 0.05) is 31.2 Å². The lowest BCUT2D eigenvalue weighted by molar-refractivity contribution is 0.0161. The number of carbonyl (C=O) groups is 1. The summed E-state index contributed by atoms with van der Waals surface area (Å²) in [6.45, 7) is 0.728. The highest BCUT2D eigenvalue weighted by atomic mass is 32.2. The summed E-state index contributed by atoms with van der Waals surface area (Å²) < 4.78 is 16.1. The summed E-state index contributed by atoms with van der Waals surface area (Å²) in [4.78, 5) is 12.0. The minimum absolute atomic E-state index is 0.221. The number of ether oxygens (including phenoxy) is 3. The number of hydrogen-bond acceptors (Lipinski definition) is 5. The second kappa shape index (κ2) is 6.03. The zero-order chi connectivity index (χ0) is 14.7. The molecule has 0 saturated carbocycles. The molecule has 1 unspecified atom stereocenters. The van der Waals surface area contributed by atoms with Crippen molar-refractivity contribution in [1.29, 1.82) is 0 Å². The van der Waals surface area contributed by atoms with E-state index in [9.17, 15) is 4.79 Å². The first-order chi connectivity index (χ1) is 10.2. The van der Waals surface area contributed by atoms with Crippen molar-refractivity contribution in [3.8, 4) is 11.5 Å². The van der Waals surface area contributed by atoms with E-state index in [2.05, 4.69) is 10.6 Å². The Bertz CT molecular complexity index is 532. The number of hydrogen-bond donors (Lipinski definition) is 2. The van der Waals surface area contributed by atoms with E-state index < -0.39 is 0 Å². The number of nitrogens with one attached hydrogen (secondary N) is 2. The lowest BCUT2D eigenvalue weighted by Crippen LogP contribution is -2.45. The average molecular weight is 310 g/mol. The van der Waals surface area contributed by atoms with Gasteiger partial charge in [0.15, 0.2) is 11.5 Å². The van der Waals surface area contributed by atoms with Crippen LogP contribution in [-0.4, -0.2) is 43.6 Å². The maximum absolute atomic E-state index is 12.0. The minimum atomic E-state index is -0.248. The molecule has 2 aliphatic heterocycles. The van der Waals surface area contributed by atoms with Gasteiger partial charge in [-0.2, -0.15) is 11.8 Å². The van der Waals surface area contributed by atoms with Crippen molar-refractivity contribution in [3.63, 3.8) is 0 Å². The van der Waals surface area contributed by atoms with Gasteiger partial charge in [-0.15, -0.1) is 0 Å². The Hall–Kier alpha value is -1.60. The molecule has 0 spiro atoms. The van der Waals surface area contributed by atoms with Crippen molar-refractivity contribution >= 4 is 23.5 Å². The molecule has 2 N–H and O–H groups in total. The van der Waals surface area contributed by atoms with Gasteiger partial charge in [0.1, 0.15) is 0 Å². The molecule has 0 radical (unpaired) electrons. The zero-order valence-electron chi connectivity index (χ0n) is 11.8. The summed E-state index contributed by atoms with van der Waals surface area (Å²) in [7, 11) is 1.70. The van der Waals surface area contributed by atoms with Crippen LogP contribution in [-0.2, 0) is 4.74 Å². The van der Waals surface area contributed by atoms with E-state index in [1.54, 1.807) is 25.3 Å². The maximum atomic E-state index is 12.0. The largest absolute Gasteiger partial charge is 0.454 e. The monoisotopic (exact) mass is 310 g/mol. The fourth-order valence-electron chi connectivity index (χ4n) is 2.35. The van der Waals surface area contributed by atoms with Crippen LogP contribution in [0.5, 0.6) is 11.5 Å². The number of fused-ring (bicyclic) bond motifs is 1. The lowest BCUT2D eigenvalue weighted by Gasteiger charge is -2.26. The van der Waals surface area contributed by atoms with Gasteiger partial charge in [0.2, 0.25) is 6.79 Å². The van der Waals surface area contributed by atoms with Crippen molar-refractivity contribution in [2.45, 2.75) is 12.0 Å². The number of benzene rings is 1. The van der Waals surface area contributed by atoms with Crippen LogP contribution in [0.3, 0.4) is 0 Å². The third-order valence-electron chi connectivity index (χ3n) is 3.70. The molecule has 0 aliphatic carbocycles. The molecule has 1 saturated heterocycles. The normalized spacial score (nSPS) is 23.1. The summed E-state index contributed by atoms with van der Waals surface area (Å²) in [5, 5.41) is 5.66. The average Bonchev–Trinajstić information content (AvgIpc) is 3.14. The molecular formula is C14H18N2O4S. The van der Waals surface area contributed by atoms with E-state index in [1.807, 2.05) is 11.8 Å². The molecular weight excluding hydrogens is 292 g/mol. The predicted octanol–water partition coefficient (Wildman–Crippen LogP) is 2.06. The Kier molecular flexibility index (Phi) is 4.12. The molecule has 1 atom stereocenters. The lowest BCUT2D eigenvalue weighted by atomic mass is 10.0. The Labute approximate surface area is 127 Å². The summed E-state index contributed by atoms with van der Waals surface area (Å²) in [5.74, 6) is 3.32. The summed E-state index contributed by atoms with van der Waals surface area (Å²) in [6.07, 6.45) is 0.957. The second-order valence-electron chi connectivity index (χ2n) is 5.07. The van der Waals surface area contributed by atoms with Gasteiger partial charge in [-0.05, 0) is 24.3 Å². The molecule has 1 aromatic rings. The Morgan fingerprint density at radius 1 is 1.43 bits per heavy atom. The van der Waals surface area contributed by atoms with Gasteiger partial charge in [-0.1, -0.05) is 0 Å². The molecule has 0 bridgehead atoms.